The summed E-state index contributed by atoms with van der Waals surface area (Å²) in [6.45, 7) is 2.44. The molecule has 0 aliphatic heterocycles. The lowest BCUT2D eigenvalue weighted by molar-refractivity contribution is 0.372. The van der Waals surface area contributed by atoms with E-state index in [9.17, 15) is 10.5 Å². The average Bonchev–Trinajstić information content (AvgIpc) is 1.52. The summed E-state index contributed by atoms with van der Waals surface area (Å²) in [4.78, 5) is 11.5. The van der Waals surface area contributed by atoms with Gasteiger partial charge in [0.05, 0.1) is 45.3 Å². The second-order valence-electron chi connectivity index (χ2n) is 25.0. The van der Waals surface area contributed by atoms with Gasteiger partial charge in [0.1, 0.15) is 0 Å². The molecule has 414 valence electrons. The summed E-state index contributed by atoms with van der Waals surface area (Å²) in [5, 5.41) is 20.7. The van der Waals surface area contributed by atoms with E-state index in [1.54, 1.807) is 0 Å². The van der Waals surface area contributed by atoms with Gasteiger partial charge < -0.3 is 0 Å². The number of rotatable bonds is 6. The normalized spacial score (nSPS) is 17.5. The van der Waals surface area contributed by atoms with Gasteiger partial charge in [-0.3, -0.25) is 0 Å². The Labute approximate surface area is 517 Å². The van der Waals surface area contributed by atoms with Crippen LogP contribution in [0.15, 0.2) is 285 Å². The Hall–Kier alpha value is -11.3. The molecular formula is C85H54N4. The predicted molar refractivity (Wildman–Crippen MR) is 360 cm³/mol. The molecule has 0 radical (unpaired) electrons. The molecule has 6 aliphatic rings. The maximum Gasteiger partial charge on any atom is 0.160 e. The van der Waals surface area contributed by atoms with Gasteiger partial charge in [-0.15, -0.1) is 0 Å². The highest BCUT2D eigenvalue weighted by Gasteiger charge is 2.61. The van der Waals surface area contributed by atoms with Crippen LogP contribution in [-0.4, -0.2) is 9.97 Å². The molecule has 4 heteroatoms. The van der Waals surface area contributed by atoms with Gasteiger partial charge in [-0.1, -0.05) is 238 Å². The molecule has 2 spiro atoms. The van der Waals surface area contributed by atoms with Crippen molar-refractivity contribution in [1.82, 2.24) is 9.97 Å². The van der Waals surface area contributed by atoms with Crippen LogP contribution in [0.4, 0.5) is 0 Å². The summed E-state index contributed by atoms with van der Waals surface area (Å²) in [5.41, 5.74) is 30.5. The molecule has 2 atom stereocenters. The zero-order chi connectivity index (χ0) is 59.2. The third kappa shape index (κ3) is 7.09. The largest absolute Gasteiger partial charge is 0.227 e. The first-order chi connectivity index (χ1) is 43.9. The van der Waals surface area contributed by atoms with Crippen LogP contribution in [0, 0.1) is 28.6 Å². The molecule has 0 N–H and O–H groups in total. The minimum atomic E-state index is -0.473. The van der Waals surface area contributed by atoms with Crippen LogP contribution in [-0.2, 0) is 16.2 Å². The van der Waals surface area contributed by atoms with Crippen LogP contribution < -0.4 is 0 Å². The van der Waals surface area contributed by atoms with Gasteiger partial charge in [0, 0.05) is 33.4 Å². The van der Waals surface area contributed by atoms with E-state index in [2.05, 4.69) is 256 Å². The maximum atomic E-state index is 9.90. The van der Waals surface area contributed by atoms with E-state index < -0.39 is 10.8 Å². The third-order valence-electron chi connectivity index (χ3n) is 20.7. The third-order valence-corrected chi connectivity index (χ3v) is 20.7. The zero-order valence-electron chi connectivity index (χ0n) is 48.8. The Morgan fingerprint density at radius 1 is 0.416 bits per heavy atom. The van der Waals surface area contributed by atoms with Crippen molar-refractivity contribution in [3.8, 4) is 102 Å². The van der Waals surface area contributed by atoms with Gasteiger partial charge in [0.25, 0.3) is 0 Å². The van der Waals surface area contributed by atoms with Gasteiger partial charge in [0.15, 0.2) is 5.82 Å². The van der Waals surface area contributed by atoms with Crippen molar-refractivity contribution in [3.05, 3.63) is 340 Å². The Balaban J connectivity index is 0.914. The molecule has 11 aromatic carbocycles. The SMILES string of the molecule is CC12C=CC=CC1C1(c3ccccc3-c3ccccc31)c1cc(-c3cc(-c4ccc5c(c4)C4(C6=C5C=CCC6)c5ccccc5-c5ccccc54)cc4c(-c5ccc(-c6cccc(C#N)c6)cc5)nc(-c5ccc(-c6cccc(C#N)c6)cc5)nc34)ccc12. The highest BCUT2D eigenvalue weighted by Crippen LogP contribution is 2.68. The summed E-state index contributed by atoms with van der Waals surface area (Å²) in [6.07, 6.45) is 16.2. The zero-order valence-corrected chi connectivity index (χ0v) is 48.8. The molecule has 89 heavy (non-hydrogen) atoms. The maximum absolute atomic E-state index is 9.90. The van der Waals surface area contributed by atoms with E-state index >= 15 is 0 Å². The van der Waals surface area contributed by atoms with Gasteiger partial charge >= 0.3 is 0 Å². The second kappa shape index (κ2) is 19.1. The fraction of sp³-hybridized carbons (Fsp3) is 0.0824. The summed E-state index contributed by atoms with van der Waals surface area (Å²) in [5.74, 6) is 0.727. The second-order valence-corrected chi connectivity index (χ2v) is 25.0. The lowest BCUT2D eigenvalue weighted by atomic mass is 9.61. The number of aromatic nitrogens is 2. The Morgan fingerprint density at radius 3 is 1.61 bits per heavy atom. The van der Waals surface area contributed by atoms with Crippen molar-refractivity contribution in [2.75, 3.05) is 0 Å². The van der Waals surface area contributed by atoms with Crippen molar-refractivity contribution in [2.24, 2.45) is 5.92 Å². The molecule has 0 saturated heterocycles. The molecular weight excluding hydrogens is 1080 g/mol. The minimum Gasteiger partial charge on any atom is -0.227 e. The molecule has 4 nitrogen and oxygen atoms in total. The highest BCUT2D eigenvalue weighted by atomic mass is 14.9. The van der Waals surface area contributed by atoms with E-state index in [0.29, 0.717) is 17.0 Å². The molecule has 12 aromatic rings. The van der Waals surface area contributed by atoms with E-state index in [4.69, 9.17) is 9.97 Å². The molecule has 0 saturated carbocycles. The van der Waals surface area contributed by atoms with Crippen LogP contribution in [0.25, 0.3) is 106 Å². The molecule has 18 rings (SSSR count). The van der Waals surface area contributed by atoms with E-state index in [0.717, 1.165) is 85.1 Å². The molecule has 2 unspecified atom stereocenters. The predicted octanol–water partition coefficient (Wildman–Crippen LogP) is 20.1. The van der Waals surface area contributed by atoms with Crippen molar-refractivity contribution < 1.29 is 0 Å². The first kappa shape index (κ1) is 51.0. The molecule has 0 amide bonds. The van der Waals surface area contributed by atoms with Crippen molar-refractivity contribution in [2.45, 2.75) is 36.0 Å². The first-order valence-corrected chi connectivity index (χ1v) is 30.9. The lowest BCUT2D eigenvalue weighted by Crippen LogP contribution is -2.38. The standard InChI is InChI=1S/C85H54N4/c1-83-43-13-12-30-79(83)85(74-28-10-5-22-65(74)66-23-6-11-29-75(66)85)78-49-61(40-42-76(78)83)69-46-62(60-39-41-68-67-24-4-9-27-73(67)84(77(68)48-60)71-25-7-2-20-63(71)64-21-3-8-26-72(64)84)47-70-80(56-35-31-54(32-36-56)58-18-14-16-52(44-58)50-86)88-82(89-81(69)70)57-37-33-55(34-38-57)59-19-15-17-53(45-59)51-87/h2-8,10-26,28-49,79H,9,27H2,1H3. The number of nitriles is 2. The Bertz CT molecular complexity index is 5220. The van der Waals surface area contributed by atoms with Crippen LogP contribution in [0.3, 0.4) is 0 Å². The summed E-state index contributed by atoms with van der Waals surface area (Å²) < 4.78 is 0. The van der Waals surface area contributed by atoms with Gasteiger partial charge in [-0.05, 0) is 178 Å². The summed E-state index contributed by atoms with van der Waals surface area (Å²) in [6, 6.07) is 93.1. The summed E-state index contributed by atoms with van der Waals surface area (Å²) in [7, 11) is 0. The van der Waals surface area contributed by atoms with Crippen LogP contribution in [0.1, 0.15) is 75.4 Å². The number of fused-ring (bicyclic) bond motifs is 20. The number of hydrogen-bond acceptors (Lipinski definition) is 4. The van der Waals surface area contributed by atoms with Crippen LogP contribution in [0.5, 0.6) is 0 Å². The Morgan fingerprint density at radius 2 is 0.966 bits per heavy atom. The number of hydrogen-bond donors (Lipinski definition) is 0. The monoisotopic (exact) mass is 1130 g/mol. The van der Waals surface area contributed by atoms with Crippen LogP contribution >= 0.6 is 0 Å². The molecule has 0 fully saturated rings. The quantitative estimate of drug-likeness (QED) is 0.166. The van der Waals surface area contributed by atoms with E-state index in [1.165, 1.54) is 77.9 Å². The lowest BCUT2D eigenvalue weighted by Gasteiger charge is -2.40. The van der Waals surface area contributed by atoms with Gasteiger partial charge in [-0.25, -0.2) is 9.97 Å². The van der Waals surface area contributed by atoms with Crippen LogP contribution in [0.2, 0.25) is 0 Å². The van der Waals surface area contributed by atoms with Crippen molar-refractivity contribution in [3.63, 3.8) is 0 Å². The van der Waals surface area contributed by atoms with Gasteiger partial charge in [-0.2, -0.15) is 10.5 Å². The smallest absolute Gasteiger partial charge is 0.160 e. The molecule has 6 aliphatic carbocycles. The number of allylic oxidation sites excluding steroid dienone is 8. The molecule has 0 bridgehead atoms. The molecule has 1 aromatic heterocycles. The number of benzene rings is 11. The van der Waals surface area contributed by atoms with E-state index in [-0.39, 0.29) is 11.3 Å². The molecule has 1 heterocycles. The number of nitrogens with zero attached hydrogens (tertiary/aromatic N) is 4. The fourth-order valence-electron chi connectivity index (χ4n) is 16.9. The fourth-order valence-corrected chi connectivity index (χ4v) is 16.9. The van der Waals surface area contributed by atoms with Gasteiger partial charge in [0.2, 0.25) is 0 Å². The van der Waals surface area contributed by atoms with Crippen molar-refractivity contribution >= 4 is 16.5 Å². The minimum absolute atomic E-state index is 0.119. The van der Waals surface area contributed by atoms with E-state index in [1.807, 2.05) is 42.5 Å². The average molecular weight is 1130 g/mol. The summed E-state index contributed by atoms with van der Waals surface area (Å²) >= 11 is 0. The van der Waals surface area contributed by atoms with Crippen molar-refractivity contribution in [1.29, 1.82) is 10.5 Å². The Kier molecular flexibility index (Phi) is 10.9. The first-order valence-electron chi connectivity index (χ1n) is 30.9. The topological polar surface area (TPSA) is 73.4 Å². The highest BCUT2D eigenvalue weighted by molar-refractivity contribution is 6.06.